The van der Waals surface area contributed by atoms with Crippen LogP contribution < -0.4 is 21.3 Å². The normalized spacial score (nSPS) is 16.2. The number of aliphatic imine (C=N–C) groups is 1. The Morgan fingerprint density at radius 1 is 1.30 bits per heavy atom. The van der Waals surface area contributed by atoms with Crippen LogP contribution in [0.2, 0.25) is 0 Å². The summed E-state index contributed by atoms with van der Waals surface area (Å²) in [6.07, 6.45) is 5.89. The maximum atomic E-state index is 5.51. The van der Waals surface area contributed by atoms with E-state index in [0.29, 0.717) is 18.5 Å². The summed E-state index contributed by atoms with van der Waals surface area (Å²) in [6.45, 7) is 0.714. The number of nitrogens with one attached hydrogen (secondary N) is 2. The minimum Gasteiger partial charge on any atom is -0.497 e. The van der Waals surface area contributed by atoms with Crippen molar-refractivity contribution in [3.63, 3.8) is 0 Å². The minimum atomic E-state index is 0.519. The van der Waals surface area contributed by atoms with Crippen molar-refractivity contribution in [3.8, 4) is 5.75 Å². The summed E-state index contributed by atoms with van der Waals surface area (Å²) >= 11 is 0. The molecule has 5 heteroatoms. The SMILES string of the molecule is COc1ccc(CCN=C(NN)NC2CCCC2)cc1. The third kappa shape index (κ3) is 4.42. The summed E-state index contributed by atoms with van der Waals surface area (Å²) in [4.78, 5) is 4.48. The lowest BCUT2D eigenvalue weighted by Gasteiger charge is -2.14. The molecule has 1 aromatic carbocycles. The zero-order chi connectivity index (χ0) is 14.2. The van der Waals surface area contributed by atoms with E-state index in [1.54, 1.807) is 7.11 Å². The number of hydrazine groups is 1. The molecular weight excluding hydrogens is 252 g/mol. The first-order chi connectivity index (χ1) is 9.81. The third-order valence-corrected chi connectivity index (χ3v) is 3.66. The molecule has 2 rings (SSSR count). The van der Waals surface area contributed by atoms with E-state index in [9.17, 15) is 0 Å². The smallest absolute Gasteiger partial charge is 0.205 e. The van der Waals surface area contributed by atoms with Gasteiger partial charge in [0.15, 0.2) is 0 Å². The summed E-state index contributed by atoms with van der Waals surface area (Å²) in [7, 11) is 1.67. The molecular formula is C15H24N4O. The molecule has 0 aliphatic heterocycles. The van der Waals surface area contributed by atoms with Crippen LogP contribution in [0.4, 0.5) is 0 Å². The molecule has 0 amide bonds. The van der Waals surface area contributed by atoms with Gasteiger partial charge in [0, 0.05) is 12.6 Å². The molecule has 0 unspecified atom stereocenters. The fourth-order valence-corrected chi connectivity index (χ4v) is 2.49. The highest BCUT2D eigenvalue weighted by Gasteiger charge is 2.15. The quantitative estimate of drug-likeness (QED) is 0.330. The van der Waals surface area contributed by atoms with E-state index in [1.807, 2.05) is 12.1 Å². The van der Waals surface area contributed by atoms with Gasteiger partial charge in [0.2, 0.25) is 5.96 Å². The Labute approximate surface area is 120 Å². The molecule has 1 aliphatic carbocycles. The second-order valence-electron chi connectivity index (χ2n) is 5.10. The molecule has 0 heterocycles. The van der Waals surface area contributed by atoms with Gasteiger partial charge in [-0.25, -0.2) is 5.84 Å². The summed E-state index contributed by atoms with van der Waals surface area (Å²) in [6, 6.07) is 8.59. The van der Waals surface area contributed by atoms with Crippen molar-refractivity contribution in [1.82, 2.24) is 10.7 Å². The monoisotopic (exact) mass is 276 g/mol. The lowest BCUT2D eigenvalue weighted by Crippen LogP contribution is -2.45. The van der Waals surface area contributed by atoms with Gasteiger partial charge >= 0.3 is 0 Å². The Balaban J connectivity index is 1.79. The molecule has 4 N–H and O–H groups in total. The summed E-state index contributed by atoms with van der Waals surface area (Å²) < 4.78 is 5.14. The largest absolute Gasteiger partial charge is 0.497 e. The number of nitrogens with two attached hydrogens (primary N) is 1. The zero-order valence-electron chi connectivity index (χ0n) is 12.1. The topological polar surface area (TPSA) is 71.7 Å². The van der Waals surface area contributed by atoms with Gasteiger partial charge in [0.25, 0.3) is 0 Å². The van der Waals surface area contributed by atoms with Gasteiger partial charge in [-0.2, -0.15) is 0 Å². The van der Waals surface area contributed by atoms with Gasteiger partial charge in [-0.05, 0) is 37.0 Å². The van der Waals surface area contributed by atoms with E-state index < -0.39 is 0 Å². The number of guanidine groups is 1. The Kier molecular flexibility index (Phi) is 5.68. The lowest BCUT2D eigenvalue weighted by atomic mass is 10.1. The number of rotatable bonds is 5. The predicted octanol–water partition coefficient (Wildman–Crippen LogP) is 1.59. The second kappa shape index (κ2) is 7.75. The van der Waals surface area contributed by atoms with E-state index in [-0.39, 0.29) is 0 Å². The van der Waals surface area contributed by atoms with Crippen molar-refractivity contribution >= 4 is 5.96 Å². The highest BCUT2D eigenvalue weighted by molar-refractivity contribution is 5.79. The van der Waals surface area contributed by atoms with Crippen LogP contribution in [0, 0.1) is 0 Å². The van der Waals surface area contributed by atoms with E-state index in [0.717, 1.165) is 12.2 Å². The Hall–Kier alpha value is -1.75. The average Bonchev–Trinajstić information content (AvgIpc) is 3.00. The average molecular weight is 276 g/mol. The minimum absolute atomic E-state index is 0.519. The number of methoxy groups -OCH3 is 1. The second-order valence-corrected chi connectivity index (χ2v) is 5.10. The first-order valence-electron chi connectivity index (χ1n) is 7.22. The molecule has 0 spiro atoms. The summed E-state index contributed by atoms with van der Waals surface area (Å²) in [5, 5.41) is 3.36. The van der Waals surface area contributed by atoms with Crippen LogP contribution >= 0.6 is 0 Å². The molecule has 0 atom stereocenters. The van der Waals surface area contributed by atoms with Crippen LogP contribution in [0.15, 0.2) is 29.3 Å². The molecule has 5 nitrogen and oxygen atoms in total. The molecule has 20 heavy (non-hydrogen) atoms. The highest BCUT2D eigenvalue weighted by Crippen LogP contribution is 2.17. The Bertz CT molecular complexity index is 424. The van der Waals surface area contributed by atoms with Crippen LogP contribution in [-0.2, 0) is 6.42 Å². The molecule has 1 fully saturated rings. The Morgan fingerprint density at radius 3 is 2.60 bits per heavy atom. The van der Waals surface area contributed by atoms with Crippen LogP contribution in [0.5, 0.6) is 5.75 Å². The van der Waals surface area contributed by atoms with Crippen molar-refractivity contribution in [2.24, 2.45) is 10.8 Å². The highest BCUT2D eigenvalue weighted by atomic mass is 16.5. The van der Waals surface area contributed by atoms with E-state index in [1.165, 1.54) is 31.2 Å². The molecule has 0 saturated heterocycles. The van der Waals surface area contributed by atoms with Crippen molar-refractivity contribution in [1.29, 1.82) is 0 Å². The van der Waals surface area contributed by atoms with Crippen molar-refractivity contribution in [2.45, 2.75) is 38.1 Å². The fourth-order valence-electron chi connectivity index (χ4n) is 2.49. The molecule has 1 aromatic rings. The van der Waals surface area contributed by atoms with E-state index in [2.05, 4.69) is 27.9 Å². The maximum Gasteiger partial charge on any atom is 0.205 e. The van der Waals surface area contributed by atoms with Crippen molar-refractivity contribution in [3.05, 3.63) is 29.8 Å². The Morgan fingerprint density at radius 2 is 2.00 bits per heavy atom. The van der Waals surface area contributed by atoms with Gasteiger partial charge in [0.1, 0.15) is 5.75 Å². The van der Waals surface area contributed by atoms with Crippen LogP contribution in [-0.4, -0.2) is 25.7 Å². The summed E-state index contributed by atoms with van der Waals surface area (Å²) in [5.41, 5.74) is 3.89. The van der Waals surface area contributed by atoms with E-state index in [4.69, 9.17) is 10.6 Å². The molecule has 0 bridgehead atoms. The van der Waals surface area contributed by atoms with Gasteiger partial charge < -0.3 is 10.1 Å². The standard InChI is InChI=1S/C15H24N4O/c1-20-14-8-6-12(7-9-14)10-11-17-15(19-16)18-13-4-2-3-5-13/h6-9,13H,2-5,10-11,16H2,1H3,(H2,17,18,19). The molecule has 0 radical (unpaired) electrons. The first-order valence-corrected chi connectivity index (χ1v) is 7.22. The van der Waals surface area contributed by atoms with E-state index >= 15 is 0 Å². The lowest BCUT2D eigenvalue weighted by molar-refractivity contribution is 0.414. The van der Waals surface area contributed by atoms with Gasteiger partial charge in [0.05, 0.1) is 7.11 Å². The number of nitrogens with zero attached hydrogens (tertiary/aromatic N) is 1. The first kappa shape index (κ1) is 14.7. The number of benzene rings is 1. The molecule has 0 aromatic heterocycles. The molecule has 1 aliphatic rings. The van der Waals surface area contributed by atoms with Crippen LogP contribution in [0.1, 0.15) is 31.2 Å². The van der Waals surface area contributed by atoms with Gasteiger partial charge in [-0.1, -0.05) is 25.0 Å². The molecule has 110 valence electrons. The van der Waals surface area contributed by atoms with Crippen LogP contribution in [0.3, 0.4) is 0 Å². The number of hydrogen-bond acceptors (Lipinski definition) is 3. The van der Waals surface area contributed by atoms with Crippen molar-refractivity contribution < 1.29 is 4.74 Å². The third-order valence-electron chi connectivity index (χ3n) is 3.66. The number of hydrogen-bond donors (Lipinski definition) is 3. The number of ether oxygens (including phenoxy) is 1. The predicted molar refractivity (Wildman–Crippen MR) is 81.7 cm³/mol. The zero-order valence-corrected chi connectivity index (χ0v) is 12.1. The summed E-state index contributed by atoms with van der Waals surface area (Å²) in [5.74, 6) is 7.09. The van der Waals surface area contributed by atoms with Gasteiger partial charge in [-0.15, -0.1) is 0 Å². The maximum absolute atomic E-state index is 5.51. The van der Waals surface area contributed by atoms with Gasteiger partial charge in [-0.3, -0.25) is 10.4 Å². The molecule has 1 saturated carbocycles. The van der Waals surface area contributed by atoms with Crippen LogP contribution in [0.25, 0.3) is 0 Å². The van der Waals surface area contributed by atoms with Crippen molar-refractivity contribution in [2.75, 3.05) is 13.7 Å². The fraction of sp³-hybridized carbons (Fsp3) is 0.533.